The highest BCUT2D eigenvalue weighted by Gasteiger charge is 2.21. The smallest absolute Gasteiger partial charge is 0.0367 e. The highest BCUT2D eigenvalue weighted by Crippen LogP contribution is 2.17. The Morgan fingerprint density at radius 3 is 1.87 bits per heavy atom. The fraction of sp³-hybridized carbons (Fsp3) is 0.368. The van der Waals surface area contributed by atoms with Gasteiger partial charge in [-0.05, 0) is 31.0 Å². The maximum atomic E-state index is 2.62. The van der Waals surface area contributed by atoms with Crippen molar-refractivity contribution in [3.63, 3.8) is 0 Å². The van der Waals surface area contributed by atoms with E-state index in [0.29, 0.717) is 6.04 Å². The van der Waals surface area contributed by atoms with Crippen LogP contribution in [0.4, 0.5) is 5.69 Å². The molecular weight excluding hydrogens is 327 g/mol. The van der Waals surface area contributed by atoms with E-state index in [1.165, 1.54) is 11.3 Å². The van der Waals surface area contributed by atoms with Gasteiger partial charge in [0.1, 0.15) is 0 Å². The lowest BCUT2D eigenvalue weighted by molar-refractivity contribution is 0.196. The lowest BCUT2D eigenvalue weighted by Gasteiger charge is -2.39. The van der Waals surface area contributed by atoms with Crippen LogP contribution >= 0.6 is 24.8 Å². The van der Waals surface area contributed by atoms with Crippen molar-refractivity contribution in [2.24, 2.45) is 0 Å². The number of benzene rings is 2. The van der Waals surface area contributed by atoms with Crippen LogP contribution in [0, 0.1) is 0 Å². The number of halogens is 2. The van der Waals surface area contributed by atoms with Crippen molar-refractivity contribution in [2.75, 3.05) is 31.1 Å². The van der Waals surface area contributed by atoms with E-state index in [2.05, 4.69) is 77.4 Å². The van der Waals surface area contributed by atoms with E-state index < -0.39 is 0 Å². The highest BCUT2D eigenvalue weighted by atomic mass is 35.5. The van der Waals surface area contributed by atoms with Crippen LogP contribution in [0.1, 0.15) is 12.5 Å². The van der Waals surface area contributed by atoms with Gasteiger partial charge in [0.25, 0.3) is 0 Å². The third-order valence-corrected chi connectivity index (χ3v) is 4.43. The van der Waals surface area contributed by atoms with E-state index in [-0.39, 0.29) is 24.8 Å². The molecule has 2 aromatic carbocycles. The van der Waals surface area contributed by atoms with Gasteiger partial charge in [0, 0.05) is 37.9 Å². The van der Waals surface area contributed by atoms with Crippen molar-refractivity contribution in [2.45, 2.75) is 19.4 Å². The predicted octanol–water partition coefficient (Wildman–Crippen LogP) is 4.28. The molecule has 0 N–H and O–H groups in total. The minimum absolute atomic E-state index is 0. The molecule has 1 unspecified atom stereocenters. The van der Waals surface area contributed by atoms with E-state index >= 15 is 0 Å². The van der Waals surface area contributed by atoms with Crippen LogP contribution in [0.25, 0.3) is 0 Å². The second-order valence-electron chi connectivity index (χ2n) is 5.90. The average molecular weight is 353 g/mol. The van der Waals surface area contributed by atoms with E-state index in [1.54, 1.807) is 0 Å². The van der Waals surface area contributed by atoms with Gasteiger partial charge >= 0.3 is 0 Å². The summed E-state index contributed by atoms with van der Waals surface area (Å²) < 4.78 is 0. The summed E-state index contributed by atoms with van der Waals surface area (Å²) in [7, 11) is 0. The Hall–Kier alpha value is -1.22. The normalized spacial score (nSPS) is 16.1. The summed E-state index contributed by atoms with van der Waals surface area (Å²) in [5.41, 5.74) is 2.79. The summed E-state index contributed by atoms with van der Waals surface area (Å²) in [6.07, 6.45) is 1.15. The molecule has 1 saturated heterocycles. The first-order valence-corrected chi connectivity index (χ1v) is 7.91. The Morgan fingerprint density at radius 1 is 0.783 bits per heavy atom. The Bertz CT molecular complexity index is 540. The van der Waals surface area contributed by atoms with Crippen LogP contribution in [0.3, 0.4) is 0 Å². The third-order valence-electron chi connectivity index (χ3n) is 4.43. The molecule has 0 amide bonds. The molecule has 2 nitrogen and oxygen atoms in total. The zero-order chi connectivity index (χ0) is 14.5. The molecule has 0 aromatic heterocycles. The summed E-state index contributed by atoms with van der Waals surface area (Å²) in [6, 6.07) is 22.2. The number of nitrogens with zero attached hydrogens (tertiary/aromatic N) is 2. The first-order valence-electron chi connectivity index (χ1n) is 7.91. The molecule has 1 aliphatic heterocycles. The minimum Gasteiger partial charge on any atom is -0.369 e. The van der Waals surface area contributed by atoms with Crippen LogP contribution in [0.2, 0.25) is 0 Å². The molecule has 1 fully saturated rings. The molecule has 0 spiro atoms. The van der Waals surface area contributed by atoms with Gasteiger partial charge in [0.2, 0.25) is 0 Å². The number of piperazine rings is 1. The monoisotopic (exact) mass is 352 g/mol. The van der Waals surface area contributed by atoms with Crippen LogP contribution in [-0.2, 0) is 6.42 Å². The average Bonchev–Trinajstić information content (AvgIpc) is 2.57. The van der Waals surface area contributed by atoms with Gasteiger partial charge in [-0.2, -0.15) is 0 Å². The van der Waals surface area contributed by atoms with Crippen molar-refractivity contribution < 1.29 is 0 Å². The standard InChI is InChI=1S/C19H24N2.2ClH/c1-17(16-18-8-4-2-5-9-18)20-12-14-21(15-13-20)19-10-6-3-7-11-19;;/h2-11,17H,12-16H2,1H3;2*1H. The summed E-state index contributed by atoms with van der Waals surface area (Å²) in [4.78, 5) is 5.11. The van der Waals surface area contributed by atoms with Crippen LogP contribution in [-0.4, -0.2) is 37.1 Å². The lowest BCUT2D eigenvalue weighted by atomic mass is 10.1. The highest BCUT2D eigenvalue weighted by molar-refractivity contribution is 5.85. The van der Waals surface area contributed by atoms with Gasteiger partial charge < -0.3 is 4.90 Å². The number of rotatable bonds is 4. The number of para-hydroxylation sites is 1. The quantitative estimate of drug-likeness (QED) is 0.809. The fourth-order valence-electron chi connectivity index (χ4n) is 3.14. The first-order chi connectivity index (χ1) is 10.3. The molecule has 0 aliphatic carbocycles. The second-order valence-corrected chi connectivity index (χ2v) is 5.90. The van der Waals surface area contributed by atoms with Crippen LogP contribution < -0.4 is 4.90 Å². The summed E-state index contributed by atoms with van der Waals surface area (Å²) in [6.45, 7) is 6.92. The van der Waals surface area contributed by atoms with Crippen molar-refractivity contribution in [3.05, 3.63) is 66.2 Å². The molecule has 1 atom stereocenters. The fourth-order valence-corrected chi connectivity index (χ4v) is 3.14. The van der Waals surface area contributed by atoms with Crippen LogP contribution in [0.15, 0.2) is 60.7 Å². The van der Waals surface area contributed by atoms with E-state index in [4.69, 9.17) is 0 Å². The van der Waals surface area contributed by atoms with Crippen molar-refractivity contribution >= 4 is 30.5 Å². The molecule has 23 heavy (non-hydrogen) atoms. The third kappa shape index (κ3) is 5.42. The first kappa shape index (κ1) is 19.8. The van der Waals surface area contributed by atoms with Crippen molar-refractivity contribution in [1.29, 1.82) is 0 Å². The van der Waals surface area contributed by atoms with Gasteiger partial charge in [-0.3, -0.25) is 4.90 Å². The topological polar surface area (TPSA) is 6.48 Å². The van der Waals surface area contributed by atoms with E-state index in [9.17, 15) is 0 Å². The van der Waals surface area contributed by atoms with Gasteiger partial charge in [0.15, 0.2) is 0 Å². The number of hydrogen-bond acceptors (Lipinski definition) is 2. The van der Waals surface area contributed by atoms with Gasteiger partial charge in [-0.1, -0.05) is 48.5 Å². The molecule has 0 saturated carbocycles. The van der Waals surface area contributed by atoms with Gasteiger partial charge in [-0.15, -0.1) is 24.8 Å². The van der Waals surface area contributed by atoms with Crippen molar-refractivity contribution in [1.82, 2.24) is 4.90 Å². The second kappa shape index (κ2) is 9.82. The van der Waals surface area contributed by atoms with Crippen molar-refractivity contribution in [3.8, 4) is 0 Å². The Balaban J connectivity index is 0.00000132. The largest absolute Gasteiger partial charge is 0.369 e. The Kier molecular flexibility index (Phi) is 8.46. The summed E-state index contributed by atoms with van der Waals surface area (Å²) in [5.74, 6) is 0. The molecule has 4 heteroatoms. The van der Waals surface area contributed by atoms with Crippen LogP contribution in [0.5, 0.6) is 0 Å². The molecule has 1 aliphatic rings. The summed E-state index contributed by atoms with van der Waals surface area (Å²) in [5, 5.41) is 0. The Morgan fingerprint density at radius 2 is 1.30 bits per heavy atom. The number of anilines is 1. The molecule has 2 aromatic rings. The Labute approximate surface area is 152 Å². The molecule has 0 bridgehead atoms. The zero-order valence-corrected chi connectivity index (χ0v) is 15.2. The SMILES string of the molecule is CC(Cc1ccccc1)N1CCN(c2ccccc2)CC1.Cl.Cl. The van der Waals surface area contributed by atoms with Gasteiger partial charge in [0.05, 0.1) is 0 Å². The maximum Gasteiger partial charge on any atom is 0.0367 e. The van der Waals surface area contributed by atoms with E-state index in [1.807, 2.05) is 0 Å². The minimum atomic E-state index is 0. The molecule has 0 radical (unpaired) electrons. The molecule has 126 valence electrons. The van der Waals surface area contributed by atoms with E-state index in [0.717, 1.165) is 32.6 Å². The summed E-state index contributed by atoms with van der Waals surface area (Å²) >= 11 is 0. The maximum absolute atomic E-state index is 2.62. The molecule has 3 rings (SSSR count). The molecule has 1 heterocycles. The lowest BCUT2D eigenvalue weighted by Crippen LogP contribution is -2.50. The zero-order valence-electron chi connectivity index (χ0n) is 13.6. The van der Waals surface area contributed by atoms with Gasteiger partial charge in [-0.25, -0.2) is 0 Å². The number of hydrogen-bond donors (Lipinski definition) is 0. The predicted molar refractivity (Wildman–Crippen MR) is 104 cm³/mol. The molecular formula is C19H26Cl2N2.